The standard InChI is InChI=1S/C14H16ClN5/c15-13-8-14(18-11-17-13)20-6-4-19(5-7-20)10-12-2-1-3-16-9-12/h1-3,8-9,11H,4-7,10H2. The molecule has 0 radical (unpaired) electrons. The molecule has 1 saturated heterocycles. The van der Waals surface area contributed by atoms with E-state index in [-0.39, 0.29) is 0 Å². The minimum Gasteiger partial charge on any atom is -0.354 e. The number of pyridine rings is 1. The van der Waals surface area contributed by atoms with Crippen molar-refractivity contribution in [2.24, 2.45) is 0 Å². The summed E-state index contributed by atoms with van der Waals surface area (Å²) in [4.78, 5) is 17.0. The number of rotatable bonds is 3. The summed E-state index contributed by atoms with van der Waals surface area (Å²) in [5.41, 5.74) is 1.26. The second-order valence-electron chi connectivity index (χ2n) is 4.82. The average Bonchev–Trinajstić information content (AvgIpc) is 2.49. The van der Waals surface area contributed by atoms with Crippen molar-refractivity contribution >= 4 is 17.4 Å². The van der Waals surface area contributed by atoms with E-state index >= 15 is 0 Å². The van der Waals surface area contributed by atoms with Crippen LogP contribution in [0.1, 0.15) is 5.56 Å². The highest BCUT2D eigenvalue weighted by atomic mass is 35.5. The highest BCUT2D eigenvalue weighted by Crippen LogP contribution is 2.16. The third-order valence-electron chi connectivity index (χ3n) is 3.44. The van der Waals surface area contributed by atoms with Crippen molar-refractivity contribution in [3.63, 3.8) is 0 Å². The number of hydrogen-bond acceptors (Lipinski definition) is 5. The van der Waals surface area contributed by atoms with Crippen LogP contribution in [0.5, 0.6) is 0 Å². The molecule has 3 rings (SSSR count). The fraction of sp³-hybridized carbons (Fsp3) is 0.357. The largest absolute Gasteiger partial charge is 0.354 e. The van der Waals surface area contributed by atoms with Crippen molar-refractivity contribution < 1.29 is 0 Å². The summed E-state index contributed by atoms with van der Waals surface area (Å²) >= 11 is 5.90. The van der Waals surface area contributed by atoms with Crippen LogP contribution >= 0.6 is 11.6 Å². The molecule has 0 atom stereocenters. The van der Waals surface area contributed by atoms with E-state index < -0.39 is 0 Å². The maximum absolute atomic E-state index is 5.90. The van der Waals surface area contributed by atoms with Gasteiger partial charge in [-0.3, -0.25) is 9.88 Å². The maximum Gasteiger partial charge on any atom is 0.134 e. The Hall–Kier alpha value is -1.72. The SMILES string of the molecule is Clc1cc(N2CCN(Cc3cccnc3)CC2)ncn1. The van der Waals surface area contributed by atoms with Crippen LogP contribution in [0.15, 0.2) is 36.9 Å². The van der Waals surface area contributed by atoms with E-state index in [1.165, 1.54) is 11.9 Å². The van der Waals surface area contributed by atoms with Gasteiger partial charge in [0.2, 0.25) is 0 Å². The van der Waals surface area contributed by atoms with E-state index in [0.29, 0.717) is 5.15 Å². The van der Waals surface area contributed by atoms with Gasteiger partial charge in [-0.2, -0.15) is 0 Å². The van der Waals surface area contributed by atoms with Crippen molar-refractivity contribution in [2.75, 3.05) is 31.1 Å². The minimum absolute atomic E-state index is 0.493. The van der Waals surface area contributed by atoms with Crippen LogP contribution in [-0.4, -0.2) is 46.0 Å². The molecule has 2 aromatic heterocycles. The second kappa shape index (κ2) is 6.15. The predicted molar refractivity (Wildman–Crippen MR) is 78.8 cm³/mol. The molecule has 0 bridgehead atoms. The summed E-state index contributed by atoms with van der Waals surface area (Å²) in [5, 5.41) is 0.493. The first-order chi connectivity index (χ1) is 9.81. The van der Waals surface area contributed by atoms with Crippen LogP contribution < -0.4 is 4.90 Å². The molecule has 3 heterocycles. The topological polar surface area (TPSA) is 45.2 Å². The molecule has 0 aliphatic carbocycles. The maximum atomic E-state index is 5.90. The summed E-state index contributed by atoms with van der Waals surface area (Å²) < 4.78 is 0. The van der Waals surface area contributed by atoms with E-state index in [9.17, 15) is 0 Å². The summed E-state index contributed by atoms with van der Waals surface area (Å²) in [7, 11) is 0. The zero-order valence-electron chi connectivity index (χ0n) is 11.1. The molecule has 104 valence electrons. The van der Waals surface area contributed by atoms with Gasteiger partial charge in [0, 0.05) is 51.2 Å². The first-order valence-corrected chi connectivity index (χ1v) is 7.03. The summed E-state index contributed by atoms with van der Waals surface area (Å²) in [6.07, 6.45) is 5.25. The number of nitrogens with zero attached hydrogens (tertiary/aromatic N) is 5. The van der Waals surface area contributed by atoms with Gasteiger partial charge in [0.25, 0.3) is 0 Å². The summed E-state index contributed by atoms with van der Waals surface area (Å²) in [5.74, 6) is 0.908. The van der Waals surface area contributed by atoms with E-state index in [0.717, 1.165) is 38.5 Å². The van der Waals surface area contributed by atoms with Gasteiger partial charge in [0.15, 0.2) is 0 Å². The van der Waals surface area contributed by atoms with Crippen molar-refractivity contribution in [1.29, 1.82) is 0 Å². The molecule has 6 heteroatoms. The van der Waals surface area contributed by atoms with Gasteiger partial charge in [-0.05, 0) is 11.6 Å². The number of halogens is 1. The lowest BCUT2D eigenvalue weighted by molar-refractivity contribution is 0.249. The molecule has 2 aromatic rings. The van der Waals surface area contributed by atoms with Crippen LogP contribution in [0.2, 0.25) is 5.15 Å². The normalized spacial score (nSPS) is 16.4. The van der Waals surface area contributed by atoms with E-state index in [1.807, 2.05) is 18.3 Å². The lowest BCUT2D eigenvalue weighted by atomic mass is 10.2. The minimum atomic E-state index is 0.493. The molecule has 20 heavy (non-hydrogen) atoms. The Morgan fingerprint density at radius 1 is 1.15 bits per heavy atom. The number of hydrogen-bond donors (Lipinski definition) is 0. The van der Waals surface area contributed by atoms with Gasteiger partial charge in [-0.1, -0.05) is 17.7 Å². The van der Waals surface area contributed by atoms with Crippen LogP contribution in [0.3, 0.4) is 0 Å². The molecule has 5 nitrogen and oxygen atoms in total. The Kier molecular flexibility index (Phi) is 4.08. The van der Waals surface area contributed by atoms with Gasteiger partial charge >= 0.3 is 0 Å². The van der Waals surface area contributed by atoms with Gasteiger partial charge in [0.1, 0.15) is 17.3 Å². The molecule has 0 aromatic carbocycles. The van der Waals surface area contributed by atoms with Gasteiger partial charge < -0.3 is 4.90 Å². The monoisotopic (exact) mass is 289 g/mol. The summed E-state index contributed by atoms with van der Waals surface area (Å²) in [6.45, 7) is 4.88. The van der Waals surface area contributed by atoms with Gasteiger partial charge in [0.05, 0.1) is 0 Å². The molecule has 0 amide bonds. The van der Waals surface area contributed by atoms with Crippen molar-refractivity contribution in [1.82, 2.24) is 19.9 Å². The van der Waals surface area contributed by atoms with Gasteiger partial charge in [-0.25, -0.2) is 9.97 Å². The van der Waals surface area contributed by atoms with Crippen molar-refractivity contribution in [2.45, 2.75) is 6.54 Å². The van der Waals surface area contributed by atoms with Gasteiger partial charge in [-0.15, -0.1) is 0 Å². The number of anilines is 1. The Bertz CT molecular complexity index is 555. The molecule has 0 unspecified atom stereocenters. The van der Waals surface area contributed by atoms with Crippen molar-refractivity contribution in [3.8, 4) is 0 Å². The first-order valence-electron chi connectivity index (χ1n) is 6.65. The van der Waals surface area contributed by atoms with Crippen LogP contribution in [0.25, 0.3) is 0 Å². The smallest absolute Gasteiger partial charge is 0.134 e. The fourth-order valence-electron chi connectivity index (χ4n) is 2.38. The van der Waals surface area contributed by atoms with E-state index in [4.69, 9.17) is 11.6 Å². The Morgan fingerprint density at radius 2 is 2.00 bits per heavy atom. The molecule has 0 N–H and O–H groups in total. The first kappa shape index (κ1) is 13.3. The van der Waals surface area contributed by atoms with Crippen LogP contribution in [0, 0.1) is 0 Å². The number of aromatic nitrogens is 3. The fourth-order valence-corrected chi connectivity index (χ4v) is 2.52. The summed E-state index contributed by atoms with van der Waals surface area (Å²) in [6, 6.07) is 5.91. The quantitative estimate of drug-likeness (QED) is 0.807. The molecule has 0 saturated carbocycles. The Morgan fingerprint density at radius 3 is 2.70 bits per heavy atom. The second-order valence-corrected chi connectivity index (χ2v) is 5.21. The number of piperazine rings is 1. The lowest BCUT2D eigenvalue weighted by Crippen LogP contribution is -2.46. The van der Waals surface area contributed by atoms with Crippen LogP contribution in [0.4, 0.5) is 5.82 Å². The molecule has 1 fully saturated rings. The highest BCUT2D eigenvalue weighted by Gasteiger charge is 2.18. The van der Waals surface area contributed by atoms with Crippen LogP contribution in [-0.2, 0) is 6.54 Å². The zero-order valence-corrected chi connectivity index (χ0v) is 11.9. The van der Waals surface area contributed by atoms with Crippen molar-refractivity contribution in [3.05, 3.63) is 47.6 Å². The Labute approximate surface area is 123 Å². The van der Waals surface area contributed by atoms with E-state index in [1.54, 1.807) is 6.20 Å². The third-order valence-corrected chi connectivity index (χ3v) is 3.65. The molecule has 1 aliphatic rings. The zero-order chi connectivity index (χ0) is 13.8. The molecule has 0 spiro atoms. The molecule has 1 aliphatic heterocycles. The lowest BCUT2D eigenvalue weighted by Gasteiger charge is -2.35. The third kappa shape index (κ3) is 3.23. The van der Waals surface area contributed by atoms with E-state index in [2.05, 4.69) is 30.8 Å². The predicted octanol–water partition coefficient (Wildman–Crippen LogP) is 1.85. The average molecular weight is 290 g/mol. The Balaban J connectivity index is 1.57. The molecular weight excluding hydrogens is 274 g/mol. The molecular formula is C14H16ClN5. The highest BCUT2D eigenvalue weighted by molar-refractivity contribution is 6.29.